The van der Waals surface area contributed by atoms with Gasteiger partial charge < -0.3 is 5.32 Å². The molecule has 0 atom stereocenters. The Morgan fingerprint density at radius 1 is 1.00 bits per heavy atom. The lowest BCUT2D eigenvalue weighted by Crippen LogP contribution is -2.32. The van der Waals surface area contributed by atoms with E-state index in [4.69, 9.17) is 0 Å². The molecule has 2 aromatic rings. The van der Waals surface area contributed by atoms with Crippen molar-refractivity contribution in [1.82, 2.24) is 0 Å². The number of rotatable bonds is 6. The smallest absolute Gasteiger partial charge is 0.322 e. The summed E-state index contributed by atoms with van der Waals surface area (Å²) >= 11 is 0. The molecule has 0 radical (unpaired) electrons. The summed E-state index contributed by atoms with van der Waals surface area (Å²) in [7, 11) is -3.42. The third-order valence-electron chi connectivity index (χ3n) is 3.88. The Labute approximate surface area is 155 Å². The number of hydrogen-bond acceptors (Lipinski definition) is 3. The third kappa shape index (κ3) is 5.00. The van der Waals surface area contributed by atoms with Crippen molar-refractivity contribution in [3.05, 3.63) is 59.7 Å². The minimum Gasteiger partial charge on any atom is -0.322 e. The second kappa shape index (κ2) is 7.99. The van der Waals surface area contributed by atoms with E-state index in [0.717, 1.165) is 12.1 Å². The summed E-state index contributed by atoms with van der Waals surface area (Å²) in [4.78, 5) is 12.2. The summed E-state index contributed by atoms with van der Waals surface area (Å²) < 4.78 is 63.0. The summed E-state index contributed by atoms with van der Waals surface area (Å²) in [6.45, 7) is 3.51. The van der Waals surface area contributed by atoms with Crippen molar-refractivity contribution in [3.8, 4) is 0 Å². The quantitative estimate of drug-likeness (QED) is 0.793. The fourth-order valence-corrected chi connectivity index (χ4v) is 3.57. The van der Waals surface area contributed by atoms with E-state index < -0.39 is 27.7 Å². The SMILES string of the molecule is CCN(c1ccc(C(=O)Nc2ccc(C(F)(F)F)cc2)cc1)S(=O)(=O)CC. The Morgan fingerprint density at radius 3 is 2.00 bits per heavy atom. The van der Waals surface area contributed by atoms with Crippen molar-refractivity contribution in [2.75, 3.05) is 21.9 Å². The molecule has 0 spiro atoms. The van der Waals surface area contributed by atoms with Gasteiger partial charge in [-0.2, -0.15) is 13.2 Å². The van der Waals surface area contributed by atoms with Crippen LogP contribution in [0.2, 0.25) is 0 Å². The molecule has 0 aromatic heterocycles. The summed E-state index contributed by atoms with van der Waals surface area (Å²) in [5.74, 6) is -0.556. The fraction of sp³-hybridized carbons (Fsp3) is 0.278. The Bertz CT molecular complexity index is 893. The first-order valence-corrected chi connectivity index (χ1v) is 9.78. The van der Waals surface area contributed by atoms with Crippen LogP contribution in [0.15, 0.2) is 48.5 Å². The predicted octanol–water partition coefficient (Wildman–Crippen LogP) is 4.13. The standard InChI is InChI=1S/C18H19F3N2O3S/c1-3-23(27(25,26)4-2)16-11-5-13(6-12-16)17(24)22-15-9-7-14(8-10-15)18(19,20)21/h5-12H,3-4H2,1-2H3,(H,22,24). The second-order valence-electron chi connectivity index (χ2n) is 5.64. The van der Waals surface area contributed by atoms with E-state index in [2.05, 4.69) is 5.32 Å². The van der Waals surface area contributed by atoms with Crippen LogP contribution < -0.4 is 9.62 Å². The lowest BCUT2D eigenvalue weighted by atomic mass is 10.1. The number of hydrogen-bond donors (Lipinski definition) is 1. The van der Waals surface area contributed by atoms with Crippen LogP contribution in [0.1, 0.15) is 29.8 Å². The molecule has 0 heterocycles. The van der Waals surface area contributed by atoms with Crippen LogP contribution >= 0.6 is 0 Å². The number of halogens is 3. The summed E-state index contributed by atoms with van der Waals surface area (Å²) in [6.07, 6.45) is -4.44. The maximum Gasteiger partial charge on any atom is 0.416 e. The van der Waals surface area contributed by atoms with Gasteiger partial charge in [0.1, 0.15) is 0 Å². The summed E-state index contributed by atoms with van der Waals surface area (Å²) in [6, 6.07) is 10.0. The van der Waals surface area contributed by atoms with Crippen molar-refractivity contribution in [1.29, 1.82) is 0 Å². The Kier molecular flexibility index (Phi) is 6.15. The van der Waals surface area contributed by atoms with Gasteiger partial charge in [-0.05, 0) is 62.4 Å². The van der Waals surface area contributed by atoms with Gasteiger partial charge in [0.05, 0.1) is 17.0 Å². The van der Waals surface area contributed by atoms with Gasteiger partial charge in [-0.15, -0.1) is 0 Å². The maximum absolute atomic E-state index is 12.6. The fourth-order valence-electron chi connectivity index (χ4n) is 2.42. The van der Waals surface area contributed by atoms with Gasteiger partial charge in [0, 0.05) is 17.8 Å². The van der Waals surface area contributed by atoms with E-state index >= 15 is 0 Å². The Balaban J connectivity index is 2.14. The number of nitrogens with zero attached hydrogens (tertiary/aromatic N) is 1. The minimum atomic E-state index is -4.44. The van der Waals surface area contributed by atoms with Crippen LogP contribution in [0.5, 0.6) is 0 Å². The molecule has 0 fully saturated rings. The Hall–Kier alpha value is -2.55. The van der Waals surface area contributed by atoms with Crippen LogP contribution in [-0.4, -0.2) is 26.6 Å². The molecule has 146 valence electrons. The molecule has 1 amide bonds. The van der Waals surface area contributed by atoms with Gasteiger partial charge in [-0.1, -0.05) is 0 Å². The zero-order valence-corrected chi connectivity index (χ0v) is 15.6. The average molecular weight is 400 g/mol. The molecule has 0 saturated carbocycles. The first-order chi connectivity index (χ1) is 12.6. The number of amides is 1. The maximum atomic E-state index is 12.6. The Morgan fingerprint density at radius 2 is 1.56 bits per heavy atom. The zero-order valence-electron chi connectivity index (χ0n) is 14.7. The average Bonchev–Trinajstić information content (AvgIpc) is 2.62. The van der Waals surface area contributed by atoms with Crippen molar-refractivity contribution >= 4 is 27.3 Å². The van der Waals surface area contributed by atoms with Crippen LogP contribution in [0.25, 0.3) is 0 Å². The predicted molar refractivity (Wildman–Crippen MR) is 98.3 cm³/mol. The summed E-state index contributed by atoms with van der Waals surface area (Å²) in [5, 5.41) is 2.50. The van der Waals surface area contributed by atoms with Gasteiger partial charge in [0.25, 0.3) is 5.91 Å². The molecule has 9 heteroatoms. The summed E-state index contributed by atoms with van der Waals surface area (Å²) in [5.41, 5.74) is 0.108. The van der Waals surface area contributed by atoms with Gasteiger partial charge in [0.2, 0.25) is 10.0 Å². The molecule has 0 saturated heterocycles. The van der Waals surface area contributed by atoms with Gasteiger partial charge in [-0.25, -0.2) is 8.42 Å². The van der Waals surface area contributed by atoms with E-state index in [1.165, 1.54) is 40.7 Å². The highest BCUT2D eigenvalue weighted by molar-refractivity contribution is 7.92. The van der Waals surface area contributed by atoms with E-state index in [1.54, 1.807) is 13.8 Å². The van der Waals surface area contributed by atoms with Crippen LogP contribution in [-0.2, 0) is 16.2 Å². The first-order valence-electron chi connectivity index (χ1n) is 8.17. The van der Waals surface area contributed by atoms with E-state index in [-0.39, 0.29) is 23.5 Å². The van der Waals surface area contributed by atoms with Crippen LogP contribution in [0, 0.1) is 0 Å². The van der Waals surface area contributed by atoms with Gasteiger partial charge in [0.15, 0.2) is 0 Å². The van der Waals surface area contributed by atoms with E-state index in [9.17, 15) is 26.4 Å². The lowest BCUT2D eigenvalue weighted by Gasteiger charge is -2.22. The molecular weight excluding hydrogens is 381 g/mol. The second-order valence-corrected chi connectivity index (χ2v) is 7.82. The number of alkyl halides is 3. The number of carbonyl (C=O) groups is 1. The zero-order chi connectivity index (χ0) is 20.2. The molecule has 1 N–H and O–H groups in total. The number of nitrogens with one attached hydrogen (secondary N) is 1. The molecule has 0 aliphatic rings. The van der Waals surface area contributed by atoms with Crippen molar-refractivity contribution in [2.24, 2.45) is 0 Å². The molecule has 5 nitrogen and oxygen atoms in total. The highest BCUT2D eigenvalue weighted by atomic mass is 32.2. The lowest BCUT2D eigenvalue weighted by molar-refractivity contribution is -0.137. The molecule has 2 aromatic carbocycles. The third-order valence-corrected chi connectivity index (χ3v) is 5.75. The number of anilines is 2. The molecule has 0 bridgehead atoms. The van der Waals surface area contributed by atoms with Crippen molar-refractivity contribution < 1.29 is 26.4 Å². The van der Waals surface area contributed by atoms with E-state index in [1.807, 2.05) is 0 Å². The highest BCUT2D eigenvalue weighted by Gasteiger charge is 2.30. The number of carbonyl (C=O) groups excluding carboxylic acids is 1. The minimum absolute atomic E-state index is 0.0446. The van der Waals surface area contributed by atoms with Crippen LogP contribution in [0.4, 0.5) is 24.5 Å². The molecule has 0 aliphatic carbocycles. The van der Waals surface area contributed by atoms with Gasteiger partial charge >= 0.3 is 6.18 Å². The molecule has 27 heavy (non-hydrogen) atoms. The van der Waals surface area contributed by atoms with Crippen molar-refractivity contribution in [3.63, 3.8) is 0 Å². The van der Waals surface area contributed by atoms with Crippen LogP contribution in [0.3, 0.4) is 0 Å². The van der Waals surface area contributed by atoms with Crippen molar-refractivity contribution in [2.45, 2.75) is 20.0 Å². The monoisotopic (exact) mass is 400 g/mol. The topological polar surface area (TPSA) is 66.5 Å². The van der Waals surface area contributed by atoms with E-state index in [0.29, 0.717) is 5.69 Å². The molecule has 2 rings (SSSR count). The highest BCUT2D eigenvalue weighted by Crippen LogP contribution is 2.30. The normalized spacial score (nSPS) is 11.9. The largest absolute Gasteiger partial charge is 0.416 e. The van der Waals surface area contributed by atoms with Gasteiger partial charge in [-0.3, -0.25) is 9.10 Å². The first kappa shape index (κ1) is 20.8. The molecular formula is C18H19F3N2O3S. The molecule has 0 unspecified atom stereocenters. The molecule has 0 aliphatic heterocycles. The number of sulfonamides is 1. The number of benzene rings is 2.